The molecule has 9 fully saturated rings. The zero-order valence-electron chi connectivity index (χ0n) is 73.5. The number of fused-ring (bicyclic) bond motifs is 3. The molecule has 6 saturated carbocycles. The van der Waals surface area contributed by atoms with Crippen molar-refractivity contribution in [2.24, 2.45) is 11.8 Å². The number of halogens is 9. The monoisotopic (exact) mass is 2640 g/mol. The van der Waals surface area contributed by atoms with Crippen LogP contribution in [0.5, 0.6) is 0 Å². The molecule has 0 aromatic heterocycles. The summed E-state index contributed by atoms with van der Waals surface area (Å²) >= 11 is 21.4. The van der Waals surface area contributed by atoms with E-state index >= 15 is 0 Å². The quantitative estimate of drug-likeness (QED) is 0.0404. The van der Waals surface area contributed by atoms with Crippen molar-refractivity contribution in [3.8, 4) is 0 Å². The molecule has 6 aliphatic heterocycles. The molecule has 6 heterocycles. The van der Waals surface area contributed by atoms with Gasteiger partial charge in [0.2, 0.25) is 0 Å². The first kappa shape index (κ1) is 111. The fourth-order valence-electron chi connectivity index (χ4n) is 16.0. The Morgan fingerprint density at radius 2 is 0.669 bits per heavy atom. The average Bonchev–Trinajstić information content (AvgIpc) is 1.67. The third kappa shape index (κ3) is 25.1. The van der Waals surface area contributed by atoms with E-state index < -0.39 is 60.2 Å². The van der Waals surface area contributed by atoms with Gasteiger partial charge in [-0.3, -0.25) is 48.3 Å². The SMILES string of the molecule is CC1(C)OB(B2OC(C)(C)C(C)(C)O2)OC1(C)C.CC1(C)OB(c2ccc(C3(N4C(=O)c5ccccc5C4=O)CC(O)(C4CC4)C3)cc2)OC1(C)C.CCC(C)I.O=C1CC(c2ccc(Br)cc2)(N2C(=O)c3ccccc3C2=O)C1.O=C1c2ccccc2C(=O)N1C1(c2ccc(Br)cc2)CC(O)(C2CC2)C1.[Br-].[CH-]1CC1.[CH2-]CC.[CH2-]CC.[I][V]([I])[I].[I][V][I].[Mg+2]. The molecule has 3 saturated heterocycles. The van der Waals surface area contributed by atoms with Gasteiger partial charge < -0.3 is 75.4 Å². The number of benzene rings is 6. The molecule has 18 nitrogen and oxygen atoms in total. The summed E-state index contributed by atoms with van der Waals surface area (Å²) in [7, 11) is -0.811. The maximum Gasteiger partial charge on any atom is 2.00 e. The van der Waals surface area contributed by atoms with Gasteiger partial charge in [-0.1, -0.05) is 167 Å². The number of carbonyl (C=O) groups is 7. The van der Waals surface area contributed by atoms with Gasteiger partial charge in [0, 0.05) is 51.4 Å². The minimum Gasteiger partial charge on any atom is 2.00 e. The number of hydrogen-bond acceptors (Lipinski definition) is 15. The number of rotatable bonds is 11. The summed E-state index contributed by atoms with van der Waals surface area (Å²) < 4.78 is 38.9. The van der Waals surface area contributed by atoms with E-state index in [1.807, 2.05) is 170 Å². The van der Waals surface area contributed by atoms with Gasteiger partial charge >= 0.3 is 158 Å². The fourth-order valence-corrected chi connectivity index (χ4v) is 16.5. The van der Waals surface area contributed by atoms with Gasteiger partial charge in [-0.2, -0.15) is 12.8 Å². The van der Waals surface area contributed by atoms with Crippen LogP contribution in [0.1, 0.15) is 286 Å². The Kier molecular flexibility index (Phi) is 41.0. The molecule has 1 atom stereocenters. The summed E-state index contributed by atoms with van der Waals surface area (Å²) in [5.74, 6) is -1.12. The summed E-state index contributed by atoms with van der Waals surface area (Å²) in [6.07, 6.45) is 14.3. The maximum atomic E-state index is 13.4. The van der Waals surface area contributed by atoms with Crippen LogP contribution in [-0.2, 0) is 63.7 Å². The van der Waals surface area contributed by atoms with E-state index in [0.717, 1.165) is 73.5 Å². The second-order valence-electron chi connectivity index (χ2n) is 35.7. The molecule has 667 valence electrons. The van der Waals surface area contributed by atoms with Crippen molar-refractivity contribution in [1.29, 1.82) is 0 Å². The number of ketones is 1. The largest absolute Gasteiger partial charge is 2.00 e. The van der Waals surface area contributed by atoms with Crippen LogP contribution in [0.2, 0.25) is 0 Å². The van der Waals surface area contributed by atoms with Gasteiger partial charge in [-0.25, -0.2) is 12.8 Å². The van der Waals surface area contributed by atoms with Crippen LogP contribution in [0.25, 0.3) is 0 Å². The van der Waals surface area contributed by atoms with Crippen LogP contribution in [0.3, 0.4) is 0 Å². The number of aliphatic hydroxyl groups is 2. The first-order chi connectivity index (χ1) is 57.1. The zero-order valence-corrected chi connectivity index (χ0v) is 95.4. The summed E-state index contributed by atoms with van der Waals surface area (Å²) in [5.41, 5.74) is -0.362. The number of Topliss-reactive ketones (excluding diaryl/α,β-unsaturated/α-hetero) is 1. The number of carbonyl (C=O) groups excluding carboxylic acids is 7. The molecule has 0 spiro atoms. The molecule has 2 N–H and O–H groups in total. The molecule has 6 aliphatic carbocycles. The van der Waals surface area contributed by atoms with Crippen LogP contribution in [-0.4, -0.2) is 159 Å². The molecule has 33 heteroatoms. The van der Waals surface area contributed by atoms with E-state index in [-0.39, 0.29) is 127 Å². The summed E-state index contributed by atoms with van der Waals surface area (Å²) in [5, 5.41) is 22.2. The summed E-state index contributed by atoms with van der Waals surface area (Å²) in [6.45, 7) is 39.7. The van der Waals surface area contributed by atoms with Crippen LogP contribution in [0.15, 0.2) is 155 Å². The minimum absolute atomic E-state index is 0. The molecule has 124 heavy (non-hydrogen) atoms. The second-order valence-corrected chi connectivity index (χ2v) is 86.8. The van der Waals surface area contributed by atoms with E-state index in [1.165, 1.54) is 34.0 Å². The Bertz CT molecular complexity index is 4510. The molecular weight excluding hydrogens is 2530 g/mol. The van der Waals surface area contributed by atoms with Gasteiger partial charge in [-0.05, 0) is 210 Å². The van der Waals surface area contributed by atoms with Crippen molar-refractivity contribution >= 4 is 245 Å². The van der Waals surface area contributed by atoms with Crippen LogP contribution in [0.4, 0.5) is 0 Å². The first-order valence-electron chi connectivity index (χ1n) is 41.4. The number of imide groups is 3. The Morgan fingerprint density at radius 3 is 0.879 bits per heavy atom. The van der Waals surface area contributed by atoms with Crippen molar-refractivity contribution in [3.05, 3.63) is 225 Å². The standard InChI is InChI=1S/C27H30BNO5.C21H18BrNO3.C18H12BrNO3.C12H24B2O4.C4H9I.C3H5.2C3H7.BrH.5HI.Mg.2V/c1-24(2)25(3,4)34-28(33-24)19-13-11-17(12-14-19)26(15-27(32,16-26)18-9-10-18)29-22(30)20-7-5-6-8-21(20)23(29)31;22-15-9-7-13(8-10-15)20(11-21(26,12-20)14-5-6-14)23-18(24)16-3-1-2-4-17(16)19(23)25;19-12-7-5-11(6-8-12)18(9-13(21)10-18)20-16(22)14-3-1-2-4-15(14)17(20)23;1-9(2)10(3,4)16-13(15-9)14-17-11(5,6)12(7,8)18-14;1-3-4(2)5;1-2-3-1;2*1-3-2;;;;;;;;;/h5-8,11-14,18,32H,9-10,15-16H2,1-4H3;1-4,7-10,14,26H,5-6,11-12H2;1-8H,9-10H2;1-8H3;4H,3H2,1-2H3;1H,2-3H2;2*1,3H2,2H3;6*1H;;;/q;;;;;3*-1;;;;;;;2*+2;+3/p-6. The maximum absolute atomic E-state index is 13.4. The minimum atomic E-state index is -0.862. The molecule has 12 aliphatic rings. The number of hydrogen-bond donors (Lipinski definition) is 2. The van der Waals surface area contributed by atoms with Gasteiger partial charge in [-0.15, -0.1) is 0 Å². The molecule has 18 rings (SSSR count). The molecule has 6 aromatic rings. The van der Waals surface area contributed by atoms with Crippen molar-refractivity contribution in [3.63, 3.8) is 0 Å². The normalized spacial score (nSPS) is 25.0. The third-order valence-electron chi connectivity index (χ3n) is 25.1. The van der Waals surface area contributed by atoms with Gasteiger partial charge in [0.15, 0.2) is 0 Å². The molecule has 0 radical (unpaired) electrons. The average molecular weight is 2650 g/mol. The third-order valence-corrected chi connectivity index (χ3v) is 27.0. The van der Waals surface area contributed by atoms with Crippen LogP contribution >= 0.6 is 154 Å². The van der Waals surface area contributed by atoms with Crippen molar-refractivity contribution in [2.75, 3.05) is 0 Å². The molecule has 6 aromatic carbocycles. The van der Waals surface area contributed by atoms with E-state index in [4.69, 9.17) is 27.9 Å². The number of nitrogens with zero attached hydrogens (tertiary/aromatic N) is 3. The van der Waals surface area contributed by atoms with E-state index in [2.05, 4.69) is 188 Å². The number of amides is 6. The number of alkyl halides is 1. The fraction of sp³-hybridized carbons (Fsp3) is 0.495. The van der Waals surface area contributed by atoms with E-state index in [1.54, 1.807) is 72.8 Å². The molecule has 6 amide bonds. The second kappa shape index (κ2) is 45.8. The predicted octanol–water partition coefficient (Wildman–Crippen LogP) is 19.6. The van der Waals surface area contributed by atoms with Crippen LogP contribution < -0.4 is 22.4 Å². The van der Waals surface area contributed by atoms with Crippen molar-refractivity contribution in [1.82, 2.24) is 14.7 Å². The topological polar surface area (TPSA) is 225 Å². The summed E-state index contributed by atoms with van der Waals surface area (Å²) in [4.78, 5) is 94.1. The Hall–Kier alpha value is 0.0399. The molecule has 0 bridgehead atoms. The smallest absolute Gasteiger partial charge is 2.00 e. The van der Waals surface area contributed by atoms with Crippen LogP contribution in [0, 0.1) is 32.1 Å². The Balaban J connectivity index is 0.000000213. The van der Waals surface area contributed by atoms with E-state index in [9.17, 15) is 43.8 Å². The first-order valence-corrected chi connectivity index (χ1v) is 66.8. The molecule has 1 unspecified atom stereocenters. The predicted molar refractivity (Wildman–Crippen MR) is 541 cm³/mol. The van der Waals surface area contributed by atoms with Gasteiger partial charge in [0.25, 0.3) is 35.4 Å². The Morgan fingerprint density at radius 1 is 0.460 bits per heavy atom. The van der Waals surface area contributed by atoms with Crippen molar-refractivity contribution < 1.29 is 103 Å². The summed E-state index contributed by atoms with van der Waals surface area (Å²) in [6, 6.07) is 43.7. The van der Waals surface area contributed by atoms with Crippen molar-refractivity contribution in [2.45, 2.75) is 272 Å². The zero-order chi connectivity index (χ0) is 90.5. The van der Waals surface area contributed by atoms with E-state index in [0.29, 0.717) is 74.4 Å². The Labute approximate surface area is 860 Å². The van der Waals surface area contributed by atoms with Gasteiger partial charge in [0.05, 0.1) is 94.8 Å². The molecular formula is C91H112B3Br3I6MgN3O15V2-2. The van der Waals surface area contributed by atoms with Gasteiger partial charge in [0.1, 0.15) is 5.78 Å².